The normalized spacial score (nSPS) is 50.7. The van der Waals surface area contributed by atoms with Gasteiger partial charge < -0.3 is 14.9 Å². The molecular formula is C30H48O4. The fourth-order valence-electron chi connectivity index (χ4n) is 10.1. The number of hydrogen-bond acceptors (Lipinski definition) is 4. The fraction of sp³-hybridized carbons (Fsp3) is 0.900. The minimum Gasteiger partial charge on any atom is -0.390 e. The van der Waals surface area contributed by atoms with Gasteiger partial charge >= 0.3 is 0 Å². The Bertz CT molecular complexity index is 883. The number of allylic oxidation sites excluding steroid dienone is 2. The summed E-state index contributed by atoms with van der Waals surface area (Å²) in [5, 5.41) is 21.3. The summed E-state index contributed by atoms with van der Waals surface area (Å²) in [5.74, 6) is 2.37. The molecule has 1 heterocycles. The van der Waals surface area contributed by atoms with Crippen LogP contribution in [0.4, 0.5) is 0 Å². The van der Waals surface area contributed by atoms with Crippen LogP contribution in [0.1, 0.15) is 99.8 Å². The van der Waals surface area contributed by atoms with E-state index in [1.165, 1.54) is 25.7 Å². The molecule has 3 saturated carbocycles. The SMILES string of the molecule is CC(C)(O)[C@H]1OC[C@@H]([C@@H]2CC[C@@]3(C)C4=CC[C@@H]5C(C)(C)C(=O)CC[C@]5(C)[C@H]4CC[C@@]23C)C[C@@H]1O. The quantitative estimate of drug-likeness (QED) is 0.506. The standard InChI is InChI=1S/C30H48O4/c1-26(2)23-9-8-21-20(28(23,5)13-12-24(26)32)11-15-29(6)19(10-14-30(21,29)7)18-16-22(31)25(34-17-18)27(3,4)33/h8,18-20,22-23,25,31,33H,9-17H2,1-7H3/t18-,19-,20-,22-,23+,25-,28+,29-,30-/m0/s1. The Labute approximate surface area is 206 Å². The summed E-state index contributed by atoms with van der Waals surface area (Å²) in [4.78, 5) is 12.8. The highest BCUT2D eigenvalue weighted by Gasteiger charge is 2.66. The van der Waals surface area contributed by atoms with E-state index in [0.717, 1.165) is 25.7 Å². The molecule has 0 unspecified atom stereocenters. The first kappa shape index (κ1) is 25.0. The van der Waals surface area contributed by atoms with Gasteiger partial charge in [0.25, 0.3) is 0 Å². The van der Waals surface area contributed by atoms with Crippen LogP contribution < -0.4 is 0 Å². The summed E-state index contributed by atoms with van der Waals surface area (Å²) < 4.78 is 6.12. The summed E-state index contributed by atoms with van der Waals surface area (Å²) >= 11 is 0. The van der Waals surface area contributed by atoms with E-state index in [9.17, 15) is 15.0 Å². The minimum atomic E-state index is -1.02. The van der Waals surface area contributed by atoms with E-state index < -0.39 is 17.8 Å². The molecule has 0 spiro atoms. The van der Waals surface area contributed by atoms with Crippen LogP contribution in [0.5, 0.6) is 0 Å². The Morgan fingerprint density at radius 3 is 2.41 bits per heavy atom. The second-order valence-corrected chi connectivity index (χ2v) is 14.6. The van der Waals surface area contributed by atoms with E-state index in [1.807, 2.05) is 0 Å². The van der Waals surface area contributed by atoms with Gasteiger partial charge in [0.1, 0.15) is 11.9 Å². The zero-order chi connectivity index (χ0) is 24.9. The third kappa shape index (κ3) is 3.23. The Morgan fingerprint density at radius 1 is 1.06 bits per heavy atom. The predicted molar refractivity (Wildman–Crippen MR) is 134 cm³/mol. The number of Topliss-reactive ketones (excluding diaryl/α,β-unsaturated/α-hetero) is 1. The molecule has 0 bridgehead atoms. The van der Waals surface area contributed by atoms with Crippen LogP contribution in [-0.4, -0.2) is 40.4 Å². The van der Waals surface area contributed by atoms with Crippen LogP contribution in [0.25, 0.3) is 0 Å². The summed E-state index contributed by atoms with van der Waals surface area (Å²) in [6.45, 7) is 16.1. The van der Waals surface area contributed by atoms with Crippen molar-refractivity contribution in [2.24, 2.45) is 45.3 Å². The van der Waals surface area contributed by atoms with Gasteiger partial charge in [0.15, 0.2) is 0 Å². The number of ether oxygens (including phenoxy) is 1. The average Bonchev–Trinajstić information content (AvgIpc) is 3.02. The highest BCUT2D eigenvalue weighted by molar-refractivity contribution is 5.85. The third-order valence-corrected chi connectivity index (χ3v) is 12.3. The first-order valence-corrected chi connectivity index (χ1v) is 13.9. The summed E-state index contributed by atoms with van der Waals surface area (Å²) in [5.41, 5.74) is 1.05. The number of hydrogen-bond donors (Lipinski definition) is 2. The first-order valence-electron chi connectivity index (χ1n) is 13.9. The topological polar surface area (TPSA) is 66.8 Å². The molecule has 1 saturated heterocycles. The van der Waals surface area contributed by atoms with E-state index >= 15 is 0 Å². The van der Waals surface area contributed by atoms with Crippen molar-refractivity contribution in [2.75, 3.05) is 6.61 Å². The zero-order valence-corrected chi connectivity index (χ0v) is 22.6. The van der Waals surface area contributed by atoms with Crippen molar-refractivity contribution in [1.29, 1.82) is 0 Å². The van der Waals surface area contributed by atoms with Gasteiger partial charge in [-0.05, 0) is 98.7 Å². The molecule has 4 aliphatic carbocycles. The van der Waals surface area contributed by atoms with E-state index in [4.69, 9.17) is 4.74 Å². The molecule has 34 heavy (non-hydrogen) atoms. The molecule has 192 valence electrons. The number of ketones is 1. The molecule has 1 aliphatic heterocycles. The van der Waals surface area contributed by atoms with Gasteiger partial charge in [-0.25, -0.2) is 0 Å². The molecule has 4 nitrogen and oxygen atoms in total. The van der Waals surface area contributed by atoms with Crippen LogP contribution in [-0.2, 0) is 9.53 Å². The first-order chi connectivity index (χ1) is 15.7. The van der Waals surface area contributed by atoms with Crippen LogP contribution in [0, 0.1) is 45.3 Å². The second-order valence-electron chi connectivity index (χ2n) is 14.6. The number of carbonyl (C=O) groups excluding carboxylic acids is 1. The van der Waals surface area contributed by atoms with E-state index in [-0.39, 0.29) is 21.7 Å². The second kappa shape index (κ2) is 7.65. The lowest BCUT2D eigenvalue weighted by Crippen LogP contribution is -2.58. The molecule has 0 amide bonds. The largest absolute Gasteiger partial charge is 0.390 e. The Hall–Kier alpha value is -0.710. The van der Waals surface area contributed by atoms with Gasteiger partial charge in [-0.2, -0.15) is 0 Å². The highest BCUT2D eigenvalue weighted by Crippen LogP contribution is 2.73. The van der Waals surface area contributed by atoms with Crippen LogP contribution in [0.2, 0.25) is 0 Å². The molecule has 2 N–H and O–H groups in total. The average molecular weight is 473 g/mol. The predicted octanol–water partition coefficient (Wildman–Crippen LogP) is 5.70. The lowest BCUT2D eigenvalue weighted by atomic mass is 9.41. The minimum absolute atomic E-state index is 0.179. The summed E-state index contributed by atoms with van der Waals surface area (Å²) in [7, 11) is 0. The lowest BCUT2D eigenvalue weighted by molar-refractivity contribution is -0.187. The molecule has 0 radical (unpaired) electrons. The number of carbonyl (C=O) groups is 1. The van der Waals surface area contributed by atoms with Gasteiger partial charge in [0.05, 0.1) is 18.3 Å². The number of aliphatic hydroxyl groups excluding tert-OH is 1. The van der Waals surface area contributed by atoms with Crippen molar-refractivity contribution in [3.8, 4) is 0 Å². The van der Waals surface area contributed by atoms with Gasteiger partial charge in [-0.1, -0.05) is 46.3 Å². The summed E-state index contributed by atoms with van der Waals surface area (Å²) in [6, 6.07) is 0. The van der Waals surface area contributed by atoms with Gasteiger partial charge in [0.2, 0.25) is 0 Å². The van der Waals surface area contributed by atoms with Crippen molar-refractivity contribution in [3.63, 3.8) is 0 Å². The third-order valence-electron chi connectivity index (χ3n) is 12.3. The Kier molecular flexibility index (Phi) is 5.62. The van der Waals surface area contributed by atoms with Crippen molar-refractivity contribution in [3.05, 3.63) is 11.6 Å². The van der Waals surface area contributed by atoms with Gasteiger partial charge in [-0.3, -0.25) is 4.79 Å². The van der Waals surface area contributed by atoms with Crippen LogP contribution in [0.15, 0.2) is 11.6 Å². The van der Waals surface area contributed by atoms with Crippen molar-refractivity contribution >= 4 is 5.78 Å². The van der Waals surface area contributed by atoms with Crippen molar-refractivity contribution < 1.29 is 19.7 Å². The fourth-order valence-corrected chi connectivity index (χ4v) is 10.1. The van der Waals surface area contributed by atoms with Gasteiger partial charge in [0, 0.05) is 11.8 Å². The molecule has 0 aromatic carbocycles. The van der Waals surface area contributed by atoms with E-state index in [0.29, 0.717) is 36.1 Å². The van der Waals surface area contributed by atoms with E-state index in [1.54, 1.807) is 19.4 Å². The molecule has 5 rings (SSSR count). The van der Waals surface area contributed by atoms with Crippen molar-refractivity contribution in [2.45, 2.75) is 118 Å². The van der Waals surface area contributed by atoms with E-state index in [2.05, 4.69) is 40.7 Å². The number of rotatable bonds is 2. The maximum absolute atomic E-state index is 12.8. The summed E-state index contributed by atoms with van der Waals surface area (Å²) in [6.07, 6.45) is 9.84. The highest BCUT2D eigenvalue weighted by atomic mass is 16.5. The van der Waals surface area contributed by atoms with Crippen LogP contribution in [0.3, 0.4) is 0 Å². The number of fused-ring (bicyclic) bond motifs is 5. The molecule has 4 heteroatoms. The molecule has 4 fully saturated rings. The zero-order valence-electron chi connectivity index (χ0n) is 22.6. The molecule has 0 aromatic rings. The molecule has 9 atom stereocenters. The lowest BCUT2D eigenvalue weighted by Gasteiger charge is -2.63. The Morgan fingerprint density at radius 2 is 1.76 bits per heavy atom. The molecule has 5 aliphatic rings. The maximum Gasteiger partial charge on any atom is 0.138 e. The number of aliphatic hydroxyl groups is 2. The van der Waals surface area contributed by atoms with Gasteiger partial charge in [-0.15, -0.1) is 0 Å². The molecule has 0 aromatic heterocycles. The van der Waals surface area contributed by atoms with Crippen molar-refractivity contribution in [1.82, 2.24) is 0 Å². The monoisotopic (exact) mass is 472 g/mol. The molecular weight excluding hydrogens is 424 g/mol. The maximum atomic E-state index is 12.8. The smallest absolute Gasteiger partial charge is 0.138 e. The Balaban J connectivity index is 1.43. The van der Waals surface area contributed by atoms with Crippen LogP contribution >= 0.6 is 0 Å².